The summed E-state index contributed by atoms with van der Waals surface area (Å²) >= 11 is 1.57. The molecule has 196 valence electrons. The molecular formula is C26H35FN4O4S. The number of likely N-dealkylation sites (tertiary alicyclic amines) is 1. The minimum Gasteiger partial charge on any atom is -0.465 e. The molecule has 0 aliphatic carbocycles. The summed E-state index contributed by atoms with van der Waals surface area (Å²) in [6.07, 6.45) is 2.25. The molecule has 0 atom stereocenters. The van der Waals surface area contributed by atoms with Gasteiger partial charge in [-0.1, -0.05) is 12.1 Å². The van der Waals surface area contributed by atoms with Gasteiger partial charge >= 0.3 is 12.0 Å². The third kappa shape index (κ3) is 8.60. The van der Waals surface area contributed by atoms with Crippen LogP contribution in [0.3, 0.4) is 0 Å². The van der Waals surface area contributed by atoms with E-state index in [1.165, 1.54) is 17.0 Å². The first-order valence-corrected chi connectivity index (χ1v) is 13.2. The number of aryl methyl sites for hydroxylation is 1. The van der Waals surface area contributed by atoms with Gasteiger partial charge in [-0.3, -0.25) is 9.59 Å². The summed E-state index contributed by atoms with van der Waals surface area (Å²) in [6.45, 7) is 7.19. The number of hydrogen-bond acceptors (Lipinski definition) is 6. The van der Waals surface area contributed by atoms with Gasteiger partial charge in [0.15, 0.2) is 0 Å². The van der Waals surface area contributed by atoms with Gasteiger partial charge in [-0.15, -0.1) is 11.3 Å². The SMILES string of the molecule is CCOC(=O)CNC(=O)N(CCN1CCCC1)CC(=O)N(Cc1ccc(F)cc1)Cc1sccc1C. The first-order chi connectivity index (χ1) is 17.4. The van der Waals surface area contributed by atoms with Crippen LogP contribution in [0, 0.1) is 12.7 Å². The van der Waals surface area contributed by atoms with Crippen molar-refractivity contribution < 1.29 is 23.5 Å². The number of rotatable bonds is 12. The highest BCUT2D eigenvalue weighted by atomic mass is 32.1. The molecule has 1 saturated heterocycles. The van der Waals surface area contributed by atoms with Gasteiger partial charge in [0.2, 0.25) is 5.91 Å². The second-order valence-electron chi connectivity index (χ2n) is 8.84. The van der Waals surface area contributed by atoms with Gasteiger partial charge in [-0.05, 0) is 74.5 Å². The summed E-state index contributed by atoms with van der Waals surface area (Å²) in [7, 11) is 0. The van der Waals surface area contributed by atoms with E-state index in [-0.39, 0.29) is 31.4 Å². The molecule has 1 aromatic carbocycles. The molecule has 1 aliphatic rings. The van der Waals surface area contributed by atoms with Gasteiger partial charge in [0.25, 0.3) is 0 Å². The molecule has 2 heterocycles. The first kappa shape index (κ1) is 27.6. The largest absolute Gasteiger partial charge is 0.465 e. The smallest absolute Gasteiger partial charge is 0.325 e. The third-order valence-corrected chi connectivity index (χ3v) is 7.14. The van der Waals surface area contributed by atoms with Crippen LogP contribution in [0.15, 0.2) is 35.7 Å². The monoisotopic (exact) mass is 518 g/mol. The maximum atomic E-state index is 13.5. The van der Waals surface area contributed by atoms with E-state index < -0.39 is 12.0 Å². The number of ether oxygens (including phenoxy) is 1. The highest BCUT2D eigenvalue weighted by Gasteiger charge is 2.24. The van der Waals surface area contributed by atoms with Crippen LogP contribution in [-0.2, 0) is 27.4 Å². The Kier molecular flexibility index (Phi) is 10.7. The van der Waals surface area contributed by atoms with Crippen molar-refractivity contribution in [3.05, 3.63) is 57.5 Å². The molecule has 2 aromatic rings. The summed E-state index contributed by atoms with van der Waals surface area (Å²) in [5.74, 6) is -1.08. The number of nitrogens with one attached hydrogen (secondary N) is 1. The van der Waals surface area contributed by atoms with Crippen molar-refractivity contribution in [3.8, 4) is 0 Å². The number of hydrogen-bond donors (Lipinski definition) is 1. The molecule has 8 nitrogen and oxygen atoms in total. The lowest BCUT2D eigenvalue weighted by atomic mass is 10.2. The standard InChI is InChI=1S/C26H35FN4O4S/c1-3-35-25(33)16-28-26(34)30(14-13-29-11-4-5-12-29)19-24(32)31(18-23-20(2)10-15-36-23)17-21-6-8-22(27)9-7-21/h6-10,15H,3-5,11-14,16-19H2,1-2H3,(H,28,34). The Bertz CT molecular complexity index is 1010. The fourth-order valence-corrected chi connectivity index (χ4v) is 4.96. The van der Waals surface area contributed by atoms with E-state index in [0.717, 1.165) is 41.9 Å². The number of esters is 1. The van der Waals surface area contributed by atoms with Crippen LogP contribution >= 0.6 is 11.3 Å². The Morgan fingerprint density at radius 1 is 1.08 bits per heavy atom. The van der Waals surface area contributed by atoms with Gasteiger partial charge in [0, 0.05) is 24.5 Å². The Hall–Kier alpha value is -2.98. The molecule has 0 saturated carbocycles. The van der Waals surface area contributed by atoms with Crippen molar-refractivity contribution in [2.24, 2.45) is 0 Å². The molecule has 1 aliphatic heterocycles. The maximum Gasteiger partial charge on any atom is 0.325 e. The Morgan fingerprint density at radius 3 is 2.44 bits per heavy atom. The molecule has 1 fully saturated rings. The van der Waals surface area contributed by atoms with Crippen molar-refractivity contribution in [2.75, 3.05) is 45.9 Å². The lowest BCUT2D eigenvalue weighted by molar-refractivity contribution is -0.141. The lowest BCUT2D eigenvalue weighted by Crippen LogP contribution is -2.49. The van der Waals surface area contributed by atoms with Crippen molar-refractivity contribution in [3.63, 3.8) is 0 Å². The lowest BCUT2D eigenvalue weighted by Gasteiger charge is -2.29. The number of carbonyl (C=O) groups excluding carboxylic acids is 3. The van der Waals surface area contributed by atoms with Gasteiger partial charge in [0.05, 0.1) is 13.2 Å². The van der Waals surface area contributed by atoms with E-state index in [4.69, 9.17) is 4.74 Å². The van der Waals surface area contributed by atoms with Gasteiger partial charge in [0.1, 0.15) is 18.9 Å². The van der Waals surface area contributed by atoms with Crippen LogP contribution in [0.2, 0.25) is 0 Å². The second kappa shape index (κ2) is 13.9. The summed E-state index contributed by atoms with van der Waals surface area (Å²) in [5, 5.41) is 4.56. The van der Waals surface area contributed by atoms with Crippen LogP contribution in [0.25, 0.3) is 0 Å². The summed E-state index contributed by atoms with van der Waals surface area (Å²) < 4.78 is 18.3. The molecule has 3 amide bonds. The molecular weight excluding hydrogens is 483 g/mol. The highest BCUT2D eigenvalue weighted by molar-refractivity contribution is 7.10. The van der Waals surface area contributed by atoms with Gasteiger partial charge in [-0.2, -0.15) is 0 Å². The number of halogens is 1. The summed E-state index contributed by atoms with van der Waals surface area (Å²) in [4.78, 5) is 44.7. The zero-order valence-corrected chi connectivity index (χ0v) is 21.8. The fourth-order valence-electron chi connectivity index (χ4n) is 4.04. The normalized spacial score (nSPS) is 13.4. The first-order valence-electron chi connectivity index (χ1n) is 12.3. The topological polar surface area (TPSA) is 82.2 Å². The molecule has 0 bridgehead atoms. The van der Waals surface area contributed by atoms with E-state index in [1.54, 1.807) is 35.3 Å². The number of nitrogens with zero attached hydrogens (tertiary/aromatic N) is 3. The van der Waals surface area contributed by atoms with Crippen molar-refractivity contribution in [1.82, 2.24) is 20.0 Å². The number of benzene rings is 1. The zero-order valence-electron chi connectivity index (χ0n) is 21.0. The fraction of sp³-hybridized carbons (Fsp3) is 0.500. The predicted octanol–water partition coefficient (Wildman–Crippen LogP) is 3.39. The van der Waals surface area contributed by atoms with Crippen molar-refractivity contribution in [1.29, 1.82) is 0 Å². The quantitative estimate of drug-likeness (QED) is 0.436. The molecule has 1 N–H and O–H groups in total. The minimum absolute atomic E-state index is 0.131. The van der Waals surface area contributed by atoms with Crippen LogP contribution < -0.4 is 5.32 Å². The van der Waals surface area contributed by atoms with Crippen LogP contribution in [-0.4, -0.2) is 78.5 Å². The van der Waals surface area contributed by atoms with Crippen LogP contribution in [0.5, 0.6) is 0 Å². The Balaban J connectivity index is 1.72. The van der Waals surface area contributed by atoms with E-state index in [2.05, 4.69) is 10.2 Å². The number of carbonyl (C=O) groups is 3. The highest BCUT2D eigenvalue weighted by Crippen LogP contribution is 2.20. The molecule has 0 unspecified atom stereocenters. The predicted molar refractivity (Wildman–Crippen MR) is 137 cm³/mol. The Labute approximate surface area is 216 Å². The number of urea groups is 1. The molecule has 1 aromatic heterocycles. The zero-order chi connectivity index (χ0) is 25.9. The molecule has 36 heavy (non-hydrogen) atoms. The van der Waals surface area contributed by atoms with E-state index in [1.807, 2.05) is 18.4 Å². The average Bonchev–Trinajstić information content (AvgIpc) is 3.53. The number of thiophene rings is 1. The molecule has 0 spiro atoms. The number of amides is 3. The van der Waals surface area contributed by atoms with Crippen molar-refractivity contribution >= 4 is 29.2 Å². The maximum absolute atomic E-state index is 13.5. The minimum atomic E-state index is -0.525. The molecule has 3 rings (SSSR count). The second-order valence-corrected chi connectivity index (χ2v) is 9.84. The average molecular weight is 519 g/mol. The van der Waals surface area contributed by atoms with Crippen LogP contribution in [0.1, 0.15) is 35.8 Å². The van der Waals surface area contributed by atoms with Crippen LogP contribution in [0.4, 0.5) is 9.18 Å². The van der Waals surface area contributed by atoms with E-state index >= 15 is 0 Å². The summed E-state index contributed by atoms with van der Waals surface area (Å²) in [5.41, 5.74) is 1.89. The van der Waals surface area contributed by atoms with E-state index in [0.29, 0.717) is 26.2 Å². The van der Waals surface area contributed by atoms with Gasteiger partial charge < -0.3 is 24.8 Å². The van der Waals surface area contributed by atoms with Gasteiger partial charge in [-0.25, -0.2) is 9.18 Å². The Morgan fingerprint density at radius 2 is 1.81 bits per heavy atom. The molecule has 0 radical (unpaired) electrons. The molecule has 10 heteroatoms. The third-order valence-electron chi connectivity index (χ3n) is 6.13. The summed E-state index contributed by atoms with van der Waals surface area (Å²) in [6, 6.07) is 7.59. The van der Waals surface area contributed by atoms with E-state index in [9.17, 15) is 18.8 Å². The van der Waals surface area contributed by atoms with Crippen molar-refractivity contribution in [2.45, 2.75) is 39.8 Å².